The van der Waals surface area contributed by atoms with E-state index in [9.17, 15) is 4.79 Å². The minimum absolute atomic E-state index is 0.112. The molecule has 2 rings (SSSR count). The van der Waals surface area contributed by atoms with Crippen LogP contribution in [0.3, 0.4) is 0 Å². The van der Waals surface area contributed by atoms with Gasteiger partial charge in [0, 0.05) is 26.2 Å². The van der Waals surface area contributed by atoms with Gasteiger partial charge in [-0.1, -0.05) is 12.8 Å². The van der Waals surface area contributed by atoms with Gasteiger partial charge in [-0.25, -0.2) is 0 Å². The van der Waals surface area contributed by atoms with E-state index in [1.54, 1.807) is 0 Å². The van der Waals surface area contributed by atoms with Gasteiger partial charge in [0.2, 0.25) is 5.91 Å². The van der Waals surface area contributed by atoms with Crippen LogP contribution in [0.25, 0.3) is 0 Å². The second-order valence-corrected chi connectivity index (χ2v) is 5.35. The molecule has 1 saturated carbocycles. The Labute approximate surface area is 104 Å². The molecule has 0 aromatic carbocycles. The first-order valence-electron chi connectivity index (χ1n) is 6.75. The Kier molecular flexibility index (Phi) is 4.05. The molecule has 1 aliphatic carbocycles. The van der Waals surface area contributed by atoms with E-state index in [0.717, 1.165) is 32.5 Å². The average molecular weight is 240 g/mol. The summed E-state index contributed by atoms with van der Waals surface area (Å²) in [7, 11) is 2.16. The highest BCUT2D eigenvalue weighted by Crippen LogP contribution is 2.37. The van der Waals surface area contributed by atoms with Crippen LogP contribution in [-0.4, -0.2) is 61.1 Å². The lowest BCUT2D eigenvalue weighted by Crippen LogP contribution is -2.62. The van der Waals surface area contributed by atoms with Crippen molar-refractivity contribution in [2.75, 3.05) is 39.9 Å². The molecular weight excluding hydrogens is 216 g/mol. The Morgan fingerprint density at radius 3 is 2.65 bits per heavy atom. The van der Waals surface area contributed by atoms with Gasteiger partial charge in [0.05, 0.1) is 5.54 Å². The van der Waals surface area contributed by atoms with E-state index >= 15 is 0 Å². The zero-order chi connectivity index (χ0) is 12.3. The lowest BCUT2D eigenvalue weighted by molar-refractivity contribution is -0.146. The summed E-state index contributed by atoms with van der Waals surface area (Å²) in [5.41, 5.74) is 0.112. The van der Waals surface area contributed by atoms with Crippen LogP contribution in [0.4, 0.5) is 0 Å². The molecule has 4 heteroatoms. The zero-order valence-corrected chi connectivity index (χ0v) is 11.1. The number of piperazine rings is 1. The smallest absolute Gasteiger partial charge is 0.249 e. The molecule has 2 aliphatic rings. The second-order valence-electron chi connectivity index (χ2n) is 5.35. The number of nitrogens with zero attached hydrogens (tertiary/aromatic N) is 2. The van der Waals surface area contributed by atoms with Gasteiger partial charge in [-0.3, -0.25) is 4.79 Å². The Bertz CT molecular complexity index is 275. The molecule has 1 heterocycles. The molecule has 1 saturated heterocycles. The molecule has 17 heavy (non-hydrogen) atoms. The summed E-state index contributed by atoms with van der Waals surface area (Å²) in [5.74, 6) is 0.182. The summed E-state index contributed by atoms with van der Waals surface area (Å²) >= 11 is 0. The number of likely N-dealkylation sites (N-methyl/N-ethyl adjacent to an activating group) is 1. The molecule has 0 aromatic rings. The van der Waals surface area contributed by atoms with Gasteiger partial charge in [0.25, 0.3) is 0 Å². The number of carbonyl (C=O) groups is 1. The SMILES string of the molecule is CCOCC(=O)N1CCN(C)CC12CCCC2. The molecule has 1 aliphatic heterocycles. The highest BCUT2D eigenvalue weighted by atomic mass is 16.5. The monoisotopic (exact) mass is 240 g/mol. The van der Waals surface area contributed by atoms with Crippen molar-refractivity contribution in [3.63, 3.8) is 0 Å². The summed E-state index contributed by atoms with van der Waals surface area (Å²) in [6.07, 6.45) is 4.84. The number of hydrogen-bond donors (Lipinski definition) is 0. The normalized spacial score (nSPS) is 24.5. The number of amides is 1. The Morgan fingerprint density at radius 2 is 2.00 bits per heavy atom. The molecule has 2 fully saturated rings. The fourth-order valence-corrected chi connectivity index (χ4v) is 3.29. The van der Waals surface area contributed by atoms with Crippen molar-refractivity contribution in [3.8, 4) is 0 Å². The quantitative estimate of drug-likeness (QED) is 0.741. The van der Waals surface area contributed by atoms with Crippen LogP contribution in [0.2, 0.25) is 0 Å². The van der Waals surface area contributed by atoms with Gasteiger partial charge >= 0.3 is 0 Å². The maximum absolute atomic E-state index is 12.2. The number of carbonyl (C=O) groups excluding carboxylic acids is 1. The van der Waals surface area contributed by atoms with Crippen molar-refractivity contribution in [2.45, 2.75) is 38.1 Å². The van der Waals surface area contributed by atoms with E-state index in [1.165, 1.54) is 12.8 Å². The number of ether oxygens (including phenoxy) is 1. The summed E-state index contributed by atoms with van der Waals surface area (Å²) in [6, 6.07) is 0. The van der Waals surface area contributed by atoms with E-state index in [0.29, 0.717) is 6.61 Å². The van der Waals surface area contributed by atoms with Crippen molar-refractivity contribution >= 4 is 5.91 Å². The standard InChI is InChI=1S/C13H24N2O2/c1-3-17-10-12(16)15-9-8-14(2)11-13(15)6-4-5-7-13/h3-11H2,1-2H3. The third kappa shape index (κ3) is 2.63. The minimum atomic E-state index is 0.112. The highest BCUT2D eigenvalue weighted by Gasteiger charge is 2.44. The van der Waals surface area contributed by atoms with E-state index in [4.69, 9.17) is 4.74 Å². The van der Waals surface area contributed by atoms with Gasteiger partial charge in [-0.15, -0.1) is 0 Å². The van der Waals surface area contributed by atoms with Crippen molar-refractivity contribution in [1.82, 2.24) is 9.80 Å². The topological polar surface area (TPSA) is 32.8 Å². The van der Waals surface area contributed by atoms with Crippen LogP contribution in [0.1, 0.15) is 32.6 Å². The van der Waals surface area contributed by atoms with E-state index in [-0.39, 0.29) is 18.1 Å². The fraction of sp³-hybridized carbons (Fsp3) is 0.923. The molecule has 1 amide bonds. The van der Waals surface area contributed by atoms with Crippen molar-refractivity contribution in [3.05, 3.63) is 0 Å². The number of hydrogen-bond acceptors (Lipinski definition) is 3. The molecule has 0 radical (unpaired) electrons. The highest BCUT2D eigenvalue weighted by molar-refractivity contribution is 5.78. The Morgan fingerprint density at radius 1 is 1.29 bits per heavy atom. The molecule has 0 atom stereocenters. The van der Waals surface area contributed by atoms with Crippen LogP contribution >= 0.6 is 0 Å². The number of rotatable bonds is 3. The third-order valence-electron chi connectivity index (χ3n) is 4.11. The summed E-state index contributed by atoms with van der Waals surface area (Å²) < 4.78 is 5.27. The van der Waals surface area contributed by atoms with Crippen LogP contribution in [0.5, 0.6) is 0 Å². The van der Waals surface area contributed by atoms with Crippen LogP contribution in [0, 0.1) is 0 Å². The van der Waals surface area contributed by atoms with Crippen LogP contribution < -0.4 is 0 Å². The van der Waals surface area contributed by atoms with E-state index in [1.807, 2.05) is 6.92 Å². The summed E-state index contributed by atoms with van der Waals surface area (Å²) in [6.45, 7) is 5.68. The molecule has 1 spiro atoms. The maximum atomic E-state index is 12.2. The molecule has 0 bridgehead atoms. The molecular formula is C13H24N2O2. The molecule has 4 nitrogen and oxygen atoms in total. The maximum Gasteiger partial charge on any atom is 0.249 e. The van der Waals surface area contributed by atoms with Gasteiger partial charge < -0.3 is 14.5 Å². The predicted octanol–water partition coefficient (Wildman–Crippen LogP) is 1.11. The fourth-order valence-electron chi connectivity index (χ4n) is 3.29. The first kappa shape index (κ1) is 12.8. The average Bonchev–Trinajstić information content (AvgIpc) is 2.74. The molecule has 98 valence electrons. The minimum Gasteiger partial charge on any atom is -0.372 e. The summed E-state index contributed by atoms with van der Waals surface area (Å²) in [4.78, 5) is 16.7. The molecule has 0 unspecified atom stereocenters. The van der Waals surface area contributed by atoms with Gasteiger partial charge in [0.15, 0.2) is 0 Å². The van der Waals surface area contributed by atoms with Crippen LogP contribution in [-0.2, 0) is 9.53 Å². The predicted molar refractivity (Wildman–Crippen MR) is 66.9 cm³/mol. The first-order valence-corrected chi connectivity index (χ1v) is 6.75. The third-order valence-corrected chi connectivity index (χ3v) is 4.11. The second kappa shape index (κ2) is 5.36. The van der Waals surface area contributed by atoms with Crippen molar-refractivity contribution in [2.24, 2.45) is 0 Å². The van der Waals surface area contributed by atoms with Crippen molar-refractivity contribution < 1.29 is 9.53 Å². The van der Waals surface area contributed by atoms with Gasteiger partial charge in [-0.05, 0) is 26.8 Å². The molecule has 0 aromatic heterocycles. The van der Waals surface area contributed by atoms with Crippen molar-refractivity contribution in [1.29, 1.82) is 0 Å². The Hall–Kier alpha value is -0.610. The van der Waals surface area contributed by atoms with Gasteiger partial charge in [-0.2, -0.15) is 0 Å². The van der Waals surface area contributed by atoms with E-state index < -0.39 is 0 Å². The summed E-state index contributed by atoms with van der Waals surface area (Å²) in [5, 5.41) is 0. The van der Waals surface area contributed by atoms with Gasteiger partial charge in [0.1, 0.15) is 6.61 Å². The lowest BCUT2D eigenvalue weighted by Gasteiger charge is -2.48. The largest absolute Gasteiger partial charge is 0.372 e. The lowest BCUT2D eigenvalue weighted by atomic mass is 9.92. The van der Waals surface area contributed by atoms with Crippen LogP contribution in [0.15, 0.2) is 0 Å². The van der Waals surface area contributed by atoms with E-state index in [2.05, 4.69) is 16.8 Å². The molecule has 0 N–H and O–H groups in total. The Balaban J connectivity index is 2.05. The zero-order valence-electron chi connectivity index (χ0n) is 11.1. The first-order chi connectivity index (χ1) is 8.18.